The molecule has 0 spiro atoms. The molecule has 0 radical (unpaired) electrons. The molecule has 2 aromatic carbocycles. The van der Waals surface area contributed by atoms with Crippen molar-refractivity contribution in [2.45, 2.75) is 19.3 Å². The van der Waals surface area contributed by atoms with Crippen LogP contribution in [0.25, 0.3) is 22.5 Å². The molecule has 0 amide bonds. The molecule has 6 nitrogen and oxygen atoms in total. The van der Waals surface area contributed by atoms with Crippen molar-refractivity contribution in [3.8, 4) is 28.3 Å². The Hall–Kier alpha value is -3.25. The van der Waals surface area contributed by atoms with Crippen LogP contribution in [-0.2, 0) is 0 Å². The molecule has 1 aliphatic heterocycles. The van der Waals surface area contributed by atoms with E-state index in [4.69, 9.17) is 10.5 Å². The first-order valence-corrected chi connectivity index (χ1v) is 10.5. The number of carbonyl (C=O) groups is 1. The summed E-state index contributed by atoms with van der Waals surface area (Å²) in [5, 5.41) is 0. The number of aromatic nitrogens is 2. The van der Waals surface area contributed by atoms with Gasteiger partial charge in [-0.3, -0.25) is 4.79 Å². The van der Waals surface area contributed by atoms with Crippen LogP contribution in [0, 0.1) is 0 Å². The topological polar surface area (TPSA) is 81.3 Å². The Morgan fingerprint density at radius 2 is 1.73 bits per heavy atom. The van der Waals surface area contributed by atoms with Crippen LogP contribution in [0.15, 0.2) is 48.5 Å². The minimum atomic E-state index is -0.0700. The summed E-state index contributed by atoms with van der Waals surface area (Å²) in [6, 6.07) is 15.2. The van der Waals surface area contributed by atoms with Gasteiger partial charge in [-0.05, 0) is 50.6 Å². The molecule has 0 unspecified atom stereocenters. The van der Waals surface area contributed by atoms with Gasteiger partial charge in [-0.25, -0.2) is 9.97 Å². The second-order valence-corrected chi connectivity index (χ2v) is 7.81. The molecule has 1 fully saturated rings. The van der Waals surface area contributed by atoms with Gasteiger partial charge in [0.15, 0.2) is 5.78 Å². The summed E-state index contributed by atoms with van der Waals surface area (Å²) in [7, 11) is 0. The van der Waals surface area contributed by atoms with E-state index < -0.39 is 0 Å². The van der Waals surface area contributed by atoms with Gasteiger partial charge in [0.05, 0.1) is 23.6 Å². The molecule has 30 heavy (non-hydrogen) atoms. The maximum absolute atomic E-state index is 13.1. The van der Waals surface area contributed by atoms with Crippen molar-refractivity contribution in [1.29, 1.82) is 0 Å². The molecule has 152 valence electrons. The molecular formula is C24H24N4O2. The van der Waals surface area contributed by atoms with Crippen LogP contribution >= 0.6 is 0 Å². The predicted octanol–water partition coefficient (Wildman–Crippen LogP) is 3.80. The quantitative estimate of drug-likeness (QED) is 0.496. The van der Waals surface area contributed by atoms with Crippen molar-refractivity contribution in [3.63, 3.8) is 0 Å². The van der Waals surface area contributed by atoms with Crippen LogP contribution in [0.1, 0.15) is 35.2 Å². The maximum Gasteiger partial charge on any atom is 0.221 e. The van der Waals surface area contributed by atoms with Crippen LogP contribution in [0.5, 0.6) is 5.75 Å². The fraction of sp³-hybridized carbons (Fsp3) is 0.292. The Morgan fingerprint density at radius 1 is 0.967 bits per heavy atom. The van der Waals surface area contributed by atoms with E-state index in [2.05, 4.69) is 14.9 Å². The number of fused-ring (bicyclic) bond motifs is 3. The third-order valence-corrected chi connectivity index (χ3v) is 5.78. The Balaban J connectivity index is 1.41. The van der Waals surface area contributed by atoms with Crippen LogP contribution in [-0.4, -0.2) is 46.9 Å². The second kappa shape index (κ2) is 7.88. The highest BCUT2D eigenvalue weighted by Crippen LogP contribution is 2.41. The van der Waals surface area contributed by atoms with E-state index in [-0.39, 0.29) is 11.7 Å². The Labute approximate surface area is 175 Å². The summed E-state index contributed by atoms with van der Waals surface area (Å²) in [6.45, 7) is 4.11. The number of anilines is 1. The fourth-order valence-electron chi connectivity index (χ4n) is 4.32. The zero-order valence-corrected chi connectivity index (χ0v) is 16.8. The molecule has 3 aromatic rings. The SMILES string of the molecule is Nc1nc(-c2ccccc2)c2c(n1)-c1cc(OCCCN3CCCC3)ccc1C2=O. The number of nitrogens with two attached hydrogens (primary N) is 1. The molecule has 1 aromatic heterocycles. The minimum Gasteiger partial charge on any atom is -0.494 e. The largest absolute Gasteiger partial charge is 0.494 e. The van der Waals surface area contributed by atoms with E-state index >= 15 is 0 Å². The van der Waals surface area contributed by atoms with E-state index in [1.165, 1.54) is 25.9 Å². The van der Waals surface area contributed by atoms with E-state index in [9.17, 15) is 4.79 Å². The lowest BCUT2D eigenvalue weighted by Gasteiger charge is -2.14. The first kappa shape index (κ1) is 18.8. The first-order chi connectivity index (χ1) is 14.7. The number of hydrogen-bond donors (Lipinski definition) is 1. The zero-order valence-electron chi connectivity index (χ0n) is 16.8. The second-order valence-electron chi connectivity index (χ2n) is 7.81. The van der Waals surface area contributed by atoms with E-state index in [0.717, 1.165) is 29.8 Å². The van der Waals surface area contributed by atoms with Crippen molar-refractivity contribution in [2.24, 2.45) is 0 Å². The van der Waals surface area contributed by atoms with Gasteiger partial charge in [0.2, 0.25) is 5.95 Å². The van der Waals surface area contributed by atoms with Gasteiger partial charge in [-0.1, -0.05) is 30.3 Å². The van der Waals surface area contributed by atoms with Crippen LogP contribution < -0.4 is 10.5 Å². The lowest BCUT2D eigenvalue weighted by Crippen LogP contribution is -2.21. The highest BCUT2D eigenvalue weighted by molar-refractivity contribution is 6.23. The standard InChI is InChI=1S/C24H24N4O2/c25-24-26-21(16-7-2-1-3-8-16)20-22(27-24)19-15-17(9-10-18(19)23(20)29)30-14-6-13-28-11-4-5-12-28/h1-3,7-10,15H,4-6,11-14H2,(H2,25,26,27). The number of ketones is 1. The van der Waals surface area contributed by atoms with E-state index in [1.54, 1.807) is 0 Å². The van der Waals surface area contributed by atoms with Gasteiger partial charge in [0.25, 0.3) is 0 Å². The number of likely N-dealkylation sites (tertiary alicyclic amines) is 1. The molecule has 5 rings (SSSR count). The monoisotopic (exact) mass is 400 g/mol. The number of benzene rings is 2. The molecule has 1 saturated heterocycles. The lowest BCUT2D eigenvalue weighted by atomic mass is 10.0. The molecular weight excluding hydrogens is 376 g/mol. The molecule has 6 heteroatoms. The molecule has 0 bridgehead atoms. The van der Waals surface area contributed by atoms with Crippen LogP contribution in [0.4, 0.5) is 5.95 Å². The average molecular weight is 400 g/mol. The number of nitrogens with zero attached hydrogens (tertiary/aromatic N) is 3. The highest BCUT2D eigenvalue weighted by atomic mass is 16.5. The lowest BCUT2D eigenvalue weighted by molar-refractivity contribution is 0.104. The van der Waals surface area contributed by atoms with Crippen molar-refractivity contribution < 1.29 is 9.53 Å². The molecule has 2 aliphatic rings. The van der Waals surface area contributed by atoms with Crippen molar-refractivity contribution in [1.82, 2.24) is 14.9 Å². The summed E-state index contributed by atoms with van der Waals surface area (Å²) in [6.07, 6.45) is 3.59. The molecule has 0 saturated carbocycles. The smallest absolute Gasteiger partial charge is 0.221 e. The Bertz CT molecular complexity index is 1090. The summed E-state index contributed by atoms with van der Waals surface area (Å²) in [5.74, 6) is 0.832. The minimum absolute atomic E-state index is 0.0700. The number of carbonyl (C=O) groups excluding carboxylic acids is 1. The summed E-state index contributed by atoms with van der Waals surface area (Å²) in [5.41, 5.74) is 9.90. The molecule has 1 aliphatic carbocycles. The average Bonchev–Trinajstić information content (AvgIpc) is 3.38. The zero-order chi connectivity index (χ0) is 20.5. The van der Waals surface area contributed by atoms with Crippen molar-refractivity contribution in [3.05, 3.63) is 59.7 Å². The number of rotatable bonds is 6. The molecule has 2 N–H and O–H groups in total. The summed E-state index contributed by atoms with van der Waals surface area (Å²) < 4.78 is 5.97. The Kier molecular flexibility index (Phi) is 4.93. The third-order valence-electron chi connectivity index (χ3n) is 5.78. The number of hydrogen-bond acceptors (Lipinski definition) is 6. The highest BCUT2D eigenvalue weighted by Gasteiger charge is 2.33. The maximum atomic E-state index is 13.1. The fourth-order valence-corrected chi connectivity index (χ4v) is 4.32. The van der Waals surface area contributed by atoms with E-state index in [0.29, 0.717) is 29.1 Å². The van der Waals surface area contributed by atoms with Gasteiger partial charge >= 0.3 is 0 Å². The predicted molar refractivity (Wildman–Crippen MR) is 117 cm³/mol. The Morgan fingerprint density at radius 3 is 2.53 bits per heavy atom. The van der Waals surface area contributed by atoms with E-state index in [1.807, 2.05) is 48.5 Å². The van der Waals surface area contributed by atoms with Gasteiger partial charge in [-0.2, -0.15) is 0 Å². The first-order valence-electron chi connectivity index (χ1n) is 10.5. The van der Waals surface area contributed by atoms with Gasteiger partial charge in [0.1, 0.15) is 5.75 Å². The van der Waals surface area contributed by atoms with Crippen molar-refractivity contribution in [2.75, 3.05) is 32.0 Å². The van der Waals surface area contributed by atoms with Crippen molar-refractivity contribution >= 4 is 11.7 Å². The summed E-state index contributed by atoms with van der Waals surface area (Å²) in [4.78, 5) is 24.4. The number of ether oxygens (including phenoxy) is 1. The van der Waals surface area contributed by atoms with Gasteiger partial charge < -0.3 is 15.4 Å². The molecule has 2 heterocycles. The van der Waals surface area contributed by atoms with Gasteiger partial charge in [-0.15, -0.1) is 0 Å². The van der Waals surface area contributed by atoms with Crippen LogP contribution in [0.3, 0.4) is 0 Å². The number of nitrogen functional groups attached to an aromatic ring is 1. The van der Waals surface area contributed by atoms with Gasteiger partial charge in [0, 0.05) is 23.2 Å². The normalized spacial score (nSPS) is 15.3. The van der Waals surface area contributed by atoms with Crippen LogP contribution in [0.2, 0.25) is 0 Å². The third kappa shape index (κ3) is 3.44. The summed E-state index contributed by atoms with van der Waals surface area (Å²) >= 11 is 0. The molecule has 0 atom stereocenters.